The third-order valence-electron chi connectivity index (χ3n) is 13.5. The van der Waals surface area contributed by atoms with Gasteiger partial charge in [-0.05, 0) is 54.1 Å². The average Bonchev–Trinajstić information content (AvgIpc) is 3.27. The Hall–Kier alpha value is -4.77. The highest BCUT2D eigenvalue weighted by Gasteiger charge is 2.78. The first-order valence-corrected chi connectivity index (χ1v) is 22.0. The summed E-state index contributed by atoms with van der Waals surface area (Å²) in [7, 11) is 0. The number of esters is 5. The van der Waals surface area contributed by atoms with E-state index in [0.29, 0.717) is 5.56 Å². The third-order valence-corrected chi connectivity index (χ3v) is 14.1. The highest BCUT2D eigenvalue weighted by Crippen LogP contribution is 2.64. The van der Waals surface area contributed by atoms with Gasteiger partial charge in [0.05, 0.1) is 29.6 Å². The minimum Gasteiger partial charge on any atom is -0.455 e. The molecule has 4 aliphatic rings. The van der Waals surface area contributed by atoms with E-state index in [-0.39, 0.29) is 48.3 Å². The smallest absolute Gasteiger partial charge is 0.348 e. The van der Waals surface area contributed by atoms with E-state index in [2.05, 4.69) is 20.3 Å². The van der Waals surface area contributed by atoms with Crippen LogP contribution >= 0.6 is 12.0 Å². The summed E-state index contributed by atoms with van der Waals surface area (Å²) in [5.74, 6) is -3.03. The second-order valence-electron chi connectivity index (χ2n) is 17.5. The van der Waals surface area contributed by atoms with Gasteiger partial charge < -0.3 is 43.7 Å². The zero-order valence-electron chi connectivity index (χ0n) is 36.8. The van der Waals surface area contributed by atoms with Crippen LogP contribution in [0.25, 0.3) is 0 Å². The lowest BCUT2D eigenvalue weighted by Gasteiger charge is -2.67. The number of nitrogens with two attached hydrogens (primary N) is 1. The van der Waals surface area contributed by atoms with Crippen LogP contribution < -0.4 is 5.90 Å². The van der Waals surface area contributed by atoms with Gasteiger partial charge in [0.2, 0.25) is 6.10 Å². The quantitative estimate of drug-likeness (QED) is 0.0338. The number of aliphatic hydroxyl groups excluding tert-OH is 2. The Balaban J connectivity index is 1.38. The van der Waals surface area contributed by atoms with E-state index in [1.54, 1.807) is 69.3 Å². The molecule has 3 fully saturated rings. The monoisotopic (exact) mass is 929 g/mol. The van der Waals surface area contributed by atoms with Crippen LogP contribution in [-0.4, -0.2) is 118 Å². The fourth-order valence-corrected chi connectivity index (χ4v) is 10.4. The molecule has 0 amide bonds. The van der Waals surface area contributed by atoms with Crippen LogP contribution in [0.1, 0.15) is 89.1 Å². The molecule has 2 aromatic carbocycles. The molecule has 354 valence electrons. The van der Waals surface area contributed by atoms with Crippen LogP contribution in [0, 0.1) is 16.7 Å². The number of aliphatic hydroxyl groups is 3. The van der Waals surface area contributed by atoms with E-state index >= 15 is 4.79 Å². The van der Waals surface area contributed by atoms with Crippen molar-refractivity contribution in [1.82, 2.24) is 0 Å². The van der Waals surface area contributed by atoms with Crippen LogP contribution in [0.4, 0.5) is 0 Å². The second kappa shape index (κ2) is 20.0. The predicted molar refractivity (Wildman–Crippen MR) is 224 cm³/mol. The summed E-state index contributed by atoms with van der Waals surface area (Å²) in [6.07, 6.45) is -10.2. The highest BCUT2D eigenvalue weighted by molar-refractivity contribution is 7.94. The number of rotatable bonds is 17. The molecule has 1 heterocycles. The number of ketones is 1. The van der Waals surface area contributed by atoms with E-state index in [4.69, 9.17) is 28.4 Å². The van der Waals surface area contributed by atoms with Gasteiger partial charge >= 0.3 is 29.8 Å². The molecular formula is C45H55NO18S. The number of carbonyl (C=O) groups excluding carboxylic acids is 6. The fraction of sp³-hybridized carbons (Fsp3) is 0.556. The molecule has 19 nitrogen and oxygen atoms in total. The van der Waals surface area contributed by atoms with Crippen LogP contribution in [0.5, 0.6) is 0 Å². The molecule has 1 saturated heterocycles. The molecule has 2 bridgehead atoms. The zero-order chi connectivity index (χ0) is 47.5. The van der Waals surface area contributed by atoms with E-state index < -0.39 is 119 Å². The molecule has 6 rings (SSSR count). The number of carbonyl (C=O) groups is 6. The molecule has 0 unspecified atom stereocenters. The van der Waals surface area contributed by atoms with Crippen molar-refractivity contribution in [2.24, 2.45) is 22.6 Å². The maximum absolute atomic E-state index is 15.1. The van der Waals surface area contributed by atoms with Crippen molar-refractivity contribution in [1.29, 1.82) is 0 Å². The van der Waals surface area contributed by atoms with Gasteiger partial charge in [-0.3, -0.25) is 14.4 Å². The van der Waals surface area contributed by atoms with Crippen molar-refractivity contribution in [2.45, 2.75) is 121 Å². The van der Waals surface area contributed by atoms with Crippen molar-refractivity contribution in [3.05, 3.63) is 82.9 Å². The van der Waals surface area contributed by atoms with Gasteiger partial charge in [0.1, 0.15) is 30.0 Å². The van der Waals surface area contributed by atoms with Crippen LogP contribution in [0.3, 0.4) is 0 Å². The SMILES string of the molecule is CC(=O)O[C@@]12CO[C@@H]1C[C@H](O)[C@@]1(C)C(=O)[C@H](O)C3=C(C)[C@@H](OC(=O)[C@H](OC(=O)COC(=O)CCCSOOON)[C@@H](C)c4ccccc4)C[C@](O)([C@@H](OC(=O)c4ccccc4)[C@H]21)C3(C)C. The largest absolute Gasteiger partial charge is 0.455 e. The Morgan fingerprint density at radius 1 is 0.969 bits per heavy atom. The number of hydrogen-bond donors (Lipinski definition) is 4. The minimum absolute atomic E-state index is 0.0665. The number of Topliss-reactive ketones (excluding diaryl/α,β-unsaturated/α-hetero) is 1. The lowest BCUT2D eigenvalue weighted by atomic mass is 9.44. The lowest BCUT2D eigenvalue weighted by Crippen LogP contribution is -2.81. The number of fused-ring (bicyclic) bond motifs is 5. The topological polar surface area (TPSA) is 272 Å². The van der Waals surface area contributed by atoms with Gasteiger partial charge in [-0.1, -0.05) is 69.3 Å². The van der Waals surface area contributed by atoms with E-state index in [1.165, 1.54) is 26.0 Å². The fourth-order valence-electron chi connectivity index (χ4n) is 10.00. The Morgan fingerprint density at radius 3 is 2.25 bits per heavy atom. The maximum atomic E-state index is 15.1. The van der Waals surface area contributed by atoms with E-state index in [1.807, 2.05) is 0 Å². The molecule has 1 aliphatic heterocycles. The molecule has 2 saturated carbocycles. The van der Waals surface area contributed by atoms with Crippen molar-refractivity contribution in [2.75, 3.05) is 19.0 Å². The van der Waals surface area contributed by atoms with Crippen LogP contribution in [0.2, 0.25) is 0 Å². The standard InChI is InChI=1S/C45H55NO18S/c1-24(27-14-9-7-10-15-27)36(59-33(50)22-56-32(49)18-13-19-65-64-63-62-46)41(54)58-29-21-45(55)39(60-40(53)28-16-11-8-12-17-28)37-43(6,38(52)35(51)34(25(29)2)42(45,4)5)30(48)20-31-44(37,23-57-31)61-26(3)47/h7-12,14-17,24,29-31,35-37,39,48,51,55H,13,18-23,46H2,1-6H3/t24-,29-,30-,31+,35+,36+,37-,39-,43+,44-,45-/m0/s1. The van der Waals surface area contributed by atoms with Crippen LogP contribution in [0.15, 0.2) is 71.8 Å². The molecule has 3 aliphatic carbocycles. The first kappa shape index (κ1) is 49.7. The van der Waals surface area contributed by atoms with Gasteiger partial charge in [0.25, 0.3) is 0 Å². The van der Waals surface area contributed by atoms with Gasteiger partial charge in [0.15, 0.2) is 18.0 Å². The maximum Gasteiger partial charge on any atom is 0.348 e. The molecule has 0 spiro atoms. The number of benzene rings is 2. The summed E-state index contributed by atoms with van der Waals surface area (Å²) < 4.78 is 39.7. The normalized spacial score (nSPS) is 31.0. The van der Waals surface area contributed by atoms with Gasteiger partial charge in [-0.15, -0.1) is 9.32 Å². The molecule has 2 aromatic rings. The van der Waals surface area contributed by atoms with E-state index in [0.717, 1.165) is 19.0 Å². The molecule has 0 aromatic heterocycles. The minimum atomic E-state index is -2.38. The summed E-state index contributed by atoms with van der Waals surface area (Å²) >= 11 is 0.807. The summed E-state index contributed by atoms with van der Waals surface area (Å²) in [6, 6.07) is 16.4. The Labute approximate surface area is 379 Å². The third kappa shape index (κ3) is 9.46. The van der Waals surface area contributed by atoms with E-state index in [9.17, 15) is 39.3 Å². The second-order valence-corrected chi connectivity index (χ2v) is 18.3. The first-order chi connectivity index (χ1) is 30.7. The first-order valence-electron chi connectivity index (χ1n) is 21.1. The van der Waals surface area contributed by atoms with Gasteiger partial charge in [0, 0.05) is 55.3 Å². The van der Waals surface area contributed by atoms with Crippen molar-refractivity contribution >= 4 is 47.7 Å². The van der Waals surface area contributed by atoms with Gasteiger partial charge in [-0.25, -0.2) is 14.4 Å². The molecule has 0 radical (unpaired) electrons. The highest BCUT2D eigenvalue weighted by atomic mass is 32.2. The molecule has 11 atom stereocenters. The zero-order valence-corrected chi connectivity index (χ0v) is 37.6. The molecule has 20 heteroatoms. The van der Waals surface area contributed by atoms with Crippen molar-refractivity contribution < 1.29 is 86.9 Å². The molecule has 65 heavy (non-hydrogen) atoms. The summed E-state index contributed by atoms with van der Waals surface area (Å²) in [5.41, 5.74) is -7.12. The average molecular weight is 930 g/mol. The number of ether oxygens (including phenoxy) is 6. The lowest BCUT2D eigenvalue weighted by molar-refractivity contribution is -0.464. The van der Waals surface area contributed by atoms with Crippen molar-refractivity contribution in [3.8, 4) is 0 Å². The predicted octanol–water partition coefficient (Wildman–Crippen LogP) is 3.07. The molecular weight excluding hydrogens is 875 g/mol. The summed E-state index contributed by atoms with van der Waals surface area (Å²) in [5, 5.41) is 41.8. The van der Waals surface area contributed by atoms with Crippen LogP contribution in [-0.2, 0) is 66.8 Å². The Bertz CT molecular complexity index is 2140. The number of hydrogen-bond acceptors (Lipinski definition) is 20. The summed E-state index contributed by atoms with van der Waals surface area (Å²) in [4.78, 5) is 86.2. The van der Waals surface area contributed by atoms with Crippen molar-refractivity contribution in [3.63, 3.8) is 0 Å². The van der Waals surface area contributed by atoms with Gasteiger partial charge in [-0.2, -0.15) is 5.90 Å². The molecule has 5 N–H and O–H groups in total. The summed E-state index contributed by atoms with van der Waals surface area (Å²) in [6.45, 7) is 7.56. The Morgan fingerprint density at radius 2 is 1.63 bits per heavy atom. The Kier molecular flexibility index (Phi) is 15.3.